The highest BCUT2D eigenvalue weighted by atomic mass is 15.5. The van der Waals surface area contributed by atoms with Crippen molar-refractivity contribution in [2.45, 2.75) is 38.3 Å². The average Bonchev–Trinajstić information content (AvgIpc) is 3.28. The van der Waals surface area contributed by atoms with Crippen LogP contribution in [0.3, 0.4) is 0 Å². The van der Waals surface area contributed by atoms with Gasteiger partial charge in [-0.05, 0) is 67.9 Å². The number of rotatable bonds is 4. The van der Waals surface area contributed by atoms with E-state index in [1.807, 2.05) is 35.0 Å². The van der Waals surface area contributed by atoms with Crippen LogP contribution in [0.15, 0.2) is 30.3 Å². The average molecular weight is 312 g/mol. The number of hydrogen-bond acceptors (Lipinski definition) is 5. The molecule has 0 bridgehead atoms. The van der Waals surface area contributed by atoms with Gasteiger partial charge in [-0.2, -0.15) is 4.68 Å². The molecule has 23 heavy (non-hydrogen) atoms. The maximum atomic E-state index is 4.26. The van der Waals surface area contributed by atoms with Gasteiger partial charge in [-0.1, -0.05) is 18.2 Å². The summed E-state index contributed by atoms with van der Waals surface area (Å²) in [5.41, 5.74) is 1.03. The van der Waals surface area contributed by atoms with E-state index in [0.29, 0.717) is 6.04 Å². The molecule has 2 fully saturated rings. The lowest BCUT2D eigenvalue weighted by Gasteiger charge is -2.37. The van der Waals surface area contributed by atoms with Crippen molar-refractivity contribution in [1.82, 2.24) is 30.0 Å². The molecule has 122 valence electrons. The Morgan fingerprint density at radius 1 is 1.00 bits per heavy atom. The summed E-state index contributed by atoms with van der Waals surface area (Å²) in [4.78, 5) is 5.18. The predicted octanol–water partition coefficient (Wildman–Crippen LogP) is 1.72. The Morgan fingerprint density at radius 2 is 1.83 bits per heavy atom. The van der Waals surface area contributed by atoms with Gasteiger partial charge in [-0.25, -0.2) is 0 Å². The lowest BCUT2D eigenvalue weighted by atomic mass is 10.0. The molecular weight excluding hydrogens is 288 g/mol. The van der Waals surface area contributed by atoms with E-state index in [0.717, 1.165) is 31.1 Å². The van der Waals surface area contributed by atoms with Crippen LogP contribution in [-0.4, -0.2) is 62.2 Å². The fraction of sp³-hybridized carbons (Fsp3) is 0.588. The van der Waals surface area contributed by atoms with Crippen LogP contribution < -0.4 is 0 Å². The molecule has 4 rings (SSSR count). The van der Waals surface area contributed by atoms with Gasteiger partial charge < -0.3 is 0 Å². The Morgan fingerprint density at radius 3 is 2.65 bits per heavy atom. The Hall–Kier alpha value is -1.79. The summed E-state index contributed by atoms with van der Waals surface area (Å²) >= 11 is 0. The third-order valence-electron chi connectivity index (χ3n) is 5.04. The van der Waals surface area contributed by atoms with E-state index in [1.165, 1.54) is 38.8 Å². The molecule has 0 saturated carbocycles. The Bertz CT molecular complexity index is 619. The fourth-order valence-electron chi connectivity index (χ4n) is 3.85. The van der Waals surface area contributed by atoms with Crippen LogP contribution in [0.5, 0.6) is 0 Å². The van der Waals surface area contributed by atoms with Crippen LogP contribution in [0.2, 0.25) is 0 Å². The zero-order valence-electron chi connectivity index (χ0n) is 13.5. The molecule has 2 aliphatic rings. The molecule has 1 aromatic heterocycles. The summed E-state index contributed by atoms with van der Waals surface area (Å²) in [6, 6.07) is 10.9. The highest BCUT2D eigenvalue weighted by Crippen LogP contribution is 2.21. The van der Waals surface area contributed by atoms with Gasteiger partial charge in [-0.15, -0.1) is 5.10 Å². The van der Waals surface area contributed by atoms with Crippen LogP contribution in [0.4, 0.5) is 0 Å². The van der Waals surface area contributed by atoms with Crippen LogP contribution in [-0.2, 0) is 6.54 Å². The summed E-state index contributed by atoms with van der Waals surface area (Å²) in [6.07, 6.45) is 5.33. The summed E-state index contributed by atoms with van der Waals surface area (Å²) in [7, 11) is 0. The maximum absolute atomic E-state index is 4.26. The SMILES string of the molecule is c1ccc(-n2nnnc2CN2CCC[C@H](N3CCCC3)C2)cc1. The molecule has 1 atom stereocenters. The summed E-state index contributed by atoms with van der Waals surface area (Å²) in [6.45, 7) is 5.67. The highest BCUT2D eigenvalue weighted by Gasteiger charge is 2.27. The van der Waals surface area contributed by atoms with Crippen LogP contribution in [0.25, 0.3) is 5.69 Å². The molecule has 6 nitrogen and oxygen atoms in total. The van der Waals surface area contributed by atoms with Gasteiger partial charge in [0.2, 0.25) is 0 Å². The number of piperidine rings is 1. The molecule has 0 radical (unpaired) electrons. The molecule has 2 aromatic rings. The molecule has 0 spiro atoms. The molecule has 0 amide bonds. The molecule has 6 heteroatoms. The lowest BCUT2D eigenvalue weighted by Crippen LogP contribution is -2.46. The molecule has 3 heterocycles. The van der Waals surface area contributed by atoms with Crippen molar-refractivity contribution < 1.29 is 0 Å². The van der Waals surface area contributed by atoms with E-state index in [9.17, 15) is 0 Å². The number of hydrogen-bond donors (Lipinski definition) is 0. The number of aromatic nitrogens is 4. The van der Waals surface area contributed by atoms with Crippen molar-refractivity contribution in [3.63, 3.8) is 0 Å². The monoisotopic (exact) mass is 312 g/mol. The third-order valence-corrected chi connectivity index (χ3v) is 5.04. The maximum Gasteiger partial charge on any atom is 0.170 e. The first-order valence-electron chi connectivity index (χ1n) is 8.69. The molecule has 0 unspecified atom stereocenters. The second-order valence-electron chi connectivity index (χ2n) is 6.62. The summed E-state index contributed by atoms with van der Waals surface area (Å²) in [5.74, 6) is 0.929. The van der Waals surface area contributed by atoms with E-state index in [2.05, 4.69) is 25.3 Å². The zero-order valence-corrected chi connectivity index (χ0v) is 13.5. The zero-order chi connectivity index (χ0) is 15.5. The van der Waals surface area contributed by atoms with Crippen molar-refractivity contribution in [1.29, 1.82) is 0 Å². The van der Waals surface area contributed by atoms with E-state index < -0.39 is 0 Å². The van der Waals surface area contributed by atoms with Crippen molar-refractivity contribution in [3.8, 4) is 5.69 Å². The Labute approximate surface area is 137 Å². The van der Waals surface area contributed by atoms with Gasteiger partial charge in [0, 0.05) is 12.6 Å². The van der Waals surface area contributed by atoms with Crippen molar-refractivity contribution in [2.75, 3.05) is 26.2 Å². The minimum absolute atomic E-state index is 0.715. The number of nitrogens with zero attached hydrogens (tertiary/aromatic N) is 6. The van der Waals surface area contributed by atoms with E-state index in [1.54, 1.807) is 0 Å². The van der Waals surface area contributed by atoms with Gasteiger partial charge >= 0.3 is 0 Å². The molecule has 0 aliphatic carbocycles. The number of tetrazole rings is 1. The Balaban J connectivity index is 1.45. The van der Waals surface area contributed by atoms with Crippen molar-refractivity contribution >= 4 is 0 Å². The highest BCUT2D eigenvalue weighted by molar-refractivity contribution is 5.30. The Kier molecular flexibility index (Phi) is 4.35. The first-order chi connectivity index (χ1) is 11.4. The fourth-order valence-corrected chi connectivity index (χ4v) is 3.85. The van der Waals surface area contributed by atoms with Crippen molar-refractivity contribution in [2.24, 2.45) is 0 Å². The van der Waals surface area contributed by atoms with E-state index in [-0.39, 0.29) is 0 Å². The molecule has 2 saturated heterocycles. The molecule has 0 N–H and O–H groups in total. The first-order valence-corrected chi connectivity index (χ1v) is 8.69. The van der Waals surface area contributed by atoms with Crippen LogP contribution in [0, 0.1) is 0 Å². The van der Waals surface area contributed by atoms with Gasteiger partial charge in [0.1, 0.15) is 0 Å². The minimum atomic E-state index is 0.715. The largest absolute Gasteiger partial charge is 0.299 e. The summed E-state index contributed by atoms with van der Waals surface area (Å²) < 4.78 is 1.86. The molecular formula is C17H24N6. The molecule has 2 aliphatic heterocycles. The van der Waals surface area contributed by atoms with Gasteiger partial charge in [-0.3, -0.25) is 9.80 Å². The van der Waals surface area contributed by atoms with Crippen molar-refractivity contribution in [3.05, 3.63) is 36.2 Å². The smallest absolute Gasteiger partial charge is 0.170 e. The van der Waals surface area contributed by atoms with E-state index in [4.69, 9.17) is 0 Å². The number of para-hydroxylation sites is 1. The standard InChI is InChI=1S/C17H24N6/c1-2-7-15(8-3-1)23-17(18-19-20-23)14-21-10-6-9-16(13-21)22-11-4-5-12-22/h1-3,7-8,16H,4-6,9-14H2/t16-/m0/s1. The lowest BCUT2D eigenvalue weighted by molar-refractivity contribution is 0.108. The first kappa shape index (κ1) is 14.8. The molecule has 1 aromatic carbocycles. The summed E-state index contributed by atoms with van der Waals surface area (Å²) in [5, 5.41) is 12.3. The second-order valence-corrected chi connectivity index (χ2v) is 6.62. The predicted molar refractivity (Wildman–Crippen MR) is 88.3 cm³/mol. The van der Waals surface area contributed by atoms with Crippen LogP contribution >= 0.6 is 0 Å². The number of benzene rings is 1. The third kappa shape index (κ3) is 3.28. The van der Waals surface area contributed by atoms with Gasteiger partial charge in [0.05, 0.1) is 12.2 Å². The second kappa shape index (κ2) is 6.76. The van der Waals surface area contributed by atoms with Gasteiger partial charge in [0.25, 0.3) is 0 Å². The minimum Gasteiger partial charge on any atom is -0.299 e. The van der Waals surface area contributed by atoms with E-state index >= 15 is 0 Å². The quantitative estimate of drug-likeness (QED) is 0.860. The van der Waals surface area contributed by atoms with Crippen LogP contribution in [0.1, 0.15) is 31.5 Å². The topological polar surface area (TPSA) is 50.1 Å². The number of likely N-dealkylation sites (tertiary alicyclic amines) is 2. The normalized spacial score (nSPS) is 23.4. The van der Waals surface area contributed by atoms with Gasteiger partial charge in [0.15, 0.2) is 5.82 Å².